The van der Waals surface area contributed by atoms with E-state index in [1.807, 2.05) is 23.9 Å². The molecule has 4 aromatic heterocycles. The van der Waals surface area contributed by atoms with Crippen LogP contribution in [0.3, 0.4) is 0 Å². The fourth-order valence-corrected chi connectivity index (χ4v) is 3.29. The number of aromatic nitrogens is 8. The van der Waals surface area contributed by atoms with Crippen molar-refractivity contribution in [2.45, 2.75) is 6.04 Å². The third-order valence-corrected chi connectivity index (χ3v) is 4.60. The molecule has 0 bridgehead atoms. The molecule has 5 rings (SSSR count). The fourth-order valence-electron chi connectivity index (χ4n) is 3.29. The average molecular weight is 389 g/mol. The van der Waals surface area contributed by atoms with E-state index in [1.54, 1.807) is 23.2 Å². The first kappa shape index (κ1) is 17.0. The van der Waals surface area contributed by atoms with Gasteiger partial charge in [0, 0.05) is 25.4 Å². The molecule has 4 heterocycles. The second-order valence-corrected chi connectivity index (χ2v) is 6.47. The lowest BCUT2D eigenvalue weighted by Crippen LogP contribution is -2.15. The quantitative estimate of drug-likeness (QED) is 0.448. The molecule has 0 radical (unpaired) electrons. The summed E-state index contributed by atoms with van der Waals surface area (Å²) in [6.07, 6.45) is 6.52. The summed E-state index contributed by atoms with van der Waals surface area (Å²) in [6.45, 7) is 3.94. The van der Waals surface area contributed by atoms with Gasteiger partial charge >= 0.3 is 0 Å². The Balaban J connectivity index is 1.68. The van der Waals surface area contributed by atoms with E-state index in [9.17, 15) is 4.39 Å². The average Bonchev–Trinajstić information content (AvgIpc) is 3.43. The van der Waals surface area contributed by atoms with Crippen LogP contribution in [-0.2, 0) is 7.05 Å². The summed E-state index contributed by atoms with van der Waals surface area (Å²) in [5.41, 5.74) is 2.48. The number of nitrogens with one attached hydrogen (secondary N) is 2. The highest BCUT2D eigenvalue weighted by molar-refractivity contribution is 5.82. The van der Waals surface area contributed by atoms with Gasteiger partial charge in [-0.05, 0) is 12.1 Å². The molecule has 0 saturated heterocycles. The van der Waals surface area contributed by atoms with Gasteiger partial charge in [0.25, 0.3) is 0 Å². The summed E-state index contributed by atoms with van der Waals surface area (Å²) in [5.74, 6) is 1.44. The summed E-state index contributed by atoms with van der Waals surface area (Å²) in [6, 6.07) is 5.88. The smallest absolute Gasteiger partial charge is 0.182 e. The predicted octanol–water partition coefficient (Wildman–Crippen LogP) is 2.90. The zero-order valence-corrected chi connectivity index (χ0v) is 15.4. The van der Waals surface area contributed by atoms with Crippen molar-refractivity contribution >= 4 is 28.0 Å². The van der Waals surface area contributed by atoms with Gasteiger partial charge in [-0.3, -0.25) is 9.25 Å². The summed E-state index contributed by atoms with van der Waals surface area (Å²) in [7, 11) is 1.82. The van der Waals surface area contributed by atoms with E-state index in [0.29, 0.717) is 39.7 Å². The Kier molecular flexibility index (Phi) is 3.83. The Morgan fingerprint density at radius 2 is 2.14 bits per heavy atom. The summed E-state index contributed by atoms with van der Waals surface area (Å²) in [4.78, 5) is 20.3. The lowest BCUT2D eigenvalue weighted by molar-refractivity contribution is 0.629. The molecule has 0 amide bonds. The highest BCUT2D eigenvalue weighted by Gasteiger charge is 2.22. The first-order chi connectivity index (χ1) is 14.1. The number of halogens is 1. The minimum atomic E-state index is -0.436. The maximum absolute atomic E-state index is 14.0. The van der Waals surface area contributed by atoms with Crippen LogP contribution in [0, 0.1) is 5.82 Å². The molecule has 10 heteroatoms. The number of imidazole rings is 2. The van der Waals surface area contributed by atoms with Crippen LogP contribution in [0.5, 0.6) is 0 Å². The molecule has 0 aliphatic carbocycles. The molecule has 5 aromatic rings. The van der Waals surface area contributed by atoms with Crippen molar-refractivity contribution in [2.24, 2.45) is 7.05 Å². The second-order valence-electron chi connectivity index (χ2n) is 6.47. The van der Waals surface area contributed by atoms with Gasteiger partial charge in [-0.1, -0.05) is 6.08 Å². The Bertz CT molecular complexity index is 1350. The van der Waals surface area contributed by atoms with Crippen molar-refractivity contribution in [1.82, 2.24) is 39.3 Å². The standard InChI is InChI=1S/C19H16FN9/c1-3-12(25-18-16-17(22-9-21-16)23-10-24-18)19-26-13-5-4-11(20)8-14(13)29(19)15-6-7-28(2)27-15/h3-10,12H,1H2,2H3,(H2,21,22,23,24,25). The number of benzene rings is 1. The molecule has 0 fully saturated rings. The van der Waals surface area contributed by atoms with Crippen LogP contribution < -0.4 is 5.32 Å². The predicted molar refractivity (Wildman–Crippen MR) is 106 cm³/mol. The van der Waals surface area contributed by atoms with Crippen LogP contribution in [0.2, 0.25) is 0 Å². The summed E-state index contributed by atoms with van der Waals surface area (Å²) in [5, 5.41) is 7.79. The Labute approximate surface area is 164 Å². The number of anilines is 1. The van der Waals surface area contributed by atoms with Crippen LogP contribution in [0.4, 0.5) is 10.2 Å². The van der Waals surface area contributed by atoms with E-state index >= 15 is 0 Å². The molecule has 2 N–H and O–H groups in total. The number of rotatable bonds is 5. The van der Waals surface area contributed by atoms with E-state index in [1.165, 1.54) is 18.5 Å². The SMILES string of the molecule is C=CC(Nc1ncnc2nc[nH]c12)c1nc2ccc(F)cc2n1-c1ccn(C)n1. The van der Waals surface area contributed by atoms with E-state index in [0.717, 1.165) is 0 Å². The monoisotopic (exact) mass is 389 g/mol. The molecular weight excluding hydrogens is 373 g/mol. The van der Waals surface area contributed by atoms with Crippen molar-refractivity contribution in [2.75, 3.05) is 5.32 Å². The molecule has 1 unspecified atom stereocenters. The minimum absolute atomic E-state index is 0.348. The van der Waals surface area contributed by atoms with Gasteiger partial charge in [-0.15, -0.1) is 6.58 Å². The molecule has 0 saturated carbocycles. The number of nitrogens with zero attached hydrogens (tertiary/aromatic N) is 7. The normalized spacial score (nSPS) is 12.5. The van der Waals surface area contributed by atoms with E-state index in [2.05, 4.69) is 36.9 Å². The minimum Gasteiger partial charge on any atom is -0.355 e. The maximum atomic E-state index is 14.0. The number of H-pyrrole nitrogens is 1. The van der Waals surface area contributed by atoms with Crippen LogP contribution in [0.25, 0.3) is 28.0 Å². The van der Waals surface area contributed by atoms with Crippen molar-refractivity contribution in [3.63, 3.8) is 0 Å². The van der Waals surface area contributed by atoms with Crippen molar-refractivity contribution in [1.29, 1.82) is 0 Å². The summed E-state index contributed by atoms with van der Waals surface area (Å²) < 4.78 is 17.5. The number of aryl methyl sites for hydroxylation is 1. The number of hydrogen-bond donors (Lipinski definition) is 2. The zero-order valence-electron chi connectivity index (χ0n) is 15.4. The Morgan fingerprint density at radius 3 is 2.93 bits per heavy atom. The van der Waals surface area contributed by atoms with Gasteiger partial charge in [0.05, 0.1) is 17.4 Å². The highest BCUT2D eigenvalue weighted by atomic mass is 19.1. The van der Waals surface area contributed by atoms with E-state index in [-0.39, 0.29) is 5.82 Å². The molecule has 1 atom stereocenters. The first-order valence-corrected chi connectivity index (χ1v) is 8.85. The van der Waals surface area contributed by atoms with E-state index < -0.39 is 6.04 Å². The number of fused-ring (bicyclic) bond motifs is 2. The number of hydrogen-bond acceptors (Lipinski definition) is 6. The molecule has 29 heavy (non-hydrogen) atoms. The van der Waals surface area contributed by atoms with Gasteiger partial charge < -0.3 is 10.3 Å². The molecule has 0 aliphatic rings. The van der Waals surface area contributed by atoms with Crippen LogP contribution in [0.1, 0.15) is 11.9 Å². The third-order valence-electron chi connectivity index (χ3n) is 4.60. The topological polar surface area (TPSA) is 102 Å². The van der Waals surface area contributed by atoms with E-state index in [4.69, 9.17) is 4.98 Å². The molecule has 144 valence electrons. The first-order valence-electron chi connectivity index (χ1n) is 8.85. The van der Waals surface area contributed by atoms with Crippen LogP contribution >= 0.6 is 0 Å². The van der Waals surface area contributed by atoms with Gasteiger partial charge in [0.2, 0.25) is 0 Å². The van der Waals surface area contributed by atoms with Gasteiger partial charge in [-0.25, -0.2) is 24.3 Å². The number of aromatic amines is 1. The molecular formula is C19H16FN9. The van der Waals surface area contributed by atoms with Crippen molar-refractivity contribution < 1.29 is 4.39 Å². The lowest BCUT2D eigenvalue weighted by Gasteiger charge is -2.16. The van der Waals surface area contributed by atoms with Gasteiger partial charge in [0.1, 0.15) is 29.5 Å². The van der Waals surface area contributed by atoms with Crippen LogP contribution in [-0.4, -0.2) is 39.3 Å². The third kappa shape index (κ3) is 2.81. The zero-order chi connectivity index (χ0) is 20.0. The van der Waals surface area contributed by atoms with Gasteiger partial charge in [-0.2, -0.15) is 5.10 Å². The molecule has 0 spiro atoms. The maximum Gasteiger partial charge on any atom is 0.182 e. The molecule has 1 aromatic carbocycles. The van der Waals surface area contributed by atoms with Crippen molar-refractivity contribution in [3.05, 3.63) is 67.4 Å². The Morgan fingerprint density at radius 1 is 1.24 bits per heavy atom. The van der Waals surface area contributed by atoms with Crippen LogP contribution in [0.15, 0.2) is 55.8 Å². The Hall–Kier alpha value is -4.08. The lowest BCUT2D eigenvalue weighted by atomic mass is 10.2. The molecule has 9 nitrogen and oxygen atoms in total. The molecule has 0 aliphatic heterocycles. The summed E-state index contributed by atoms with van der Waals surface area (Å²) >= 11 is 0. The van der Waals surface area contributed by atoms with Crippen molar-refractivity contribution in [3.8, 4) is 5.82 Å². The fraction of sp³-hybridized carbons (Fsp3) is 0.105. The highest BCUT2D eigenvalue weighted by Crippen LogP contribution is 2.28. The van der Waals surface area contributed by atoms with Gasteiger partial charge in [0.15, 0.2) is 17.3 Å². The second kappa shape index (κ2) is 6.51. The largest absolute Gasteiger partial charge is 0.355 e.